The van der Waals surface area contributed by atoms with Crippen LogP contribution < -0.4 is 5.73 Å². The lowest BCUT2D eigenvalue weighted by atomic mass is 10.1. The molecule has 6 nitrogen and oxygen atoms in total. The third kappa shape index (κ3) is 2.20. The van der Waals surface area contributed by atoms with Gasteiger partial charge in [-0.15, -0.1) is 5.10 Å². The lowest BCUT2D eigenvalue weighted by Gasteiger charge is -2.15. The fourth-order valence-electron chi connectivity index (χ4n) is 2.24. The van der Waals surface area contributed by atoms with Gasteiger partial charge >= 0.3 is 0 Å². The largest absolute Gasteiger partial charge is 0.387 e. The third-order valence-corrected chi connectivity index (χ3v) is 3.17. The number of benzene rings is 1. The van der Waals surface area contributed by atoms with E-state index in [4.69, 9.17) is 5.73 Å². The summed E-state index contributed by atoms with van der Waals surface area (Å²) in [5.74, 6) is 1.12. The van der Waals surface area contributed by atoms with Gasteiger partial charge in [0.1, 0.15) is 5.52 Å². The molecule has 20 heavy (non-hydrogen) atoms. The zero-order valence-electron chi connectivity index (χ0n) is 11.5. The number of aliphatic imine (C=N–C) groups is 2. The molecule has 1 aromatic heterocycles. The van der Waals surface area contributed by atoms with Crippen LogP contribution in [0, 0.1) is 0 Å². The molecule has 0 spiro atoms. The van der Waals surface area contributed by atoms with E-state index < -0.39 is 0 Å². The zero-order valence-corrected chi connectivity index (χ0v) is 11.5. The molecule has 2 N–H and O–H groups in total. The van der Waals surface area contributed by atoms with Gasteiger partial charge in [-0.3, -0.25) is 0 Å². The predicted molar refractivity (Wildman–Crippen MR) is 80.4 cm³/mol. The molecule has 0 atom stereocenters. The van der Waals surface area contributed by atoms with E-state index in [0.717, 1.165) is 35.3 Å². The Morgan fingerprint density at radius 3 is 2.90 bits per heavy atom. The van der Waals surface area contributed by atoms with E-state index in [1.54, 1.807) is 6.92 Å². The maximum absolute atomic E-state index is 5.70. The van der Waals surface area contributed by atoms with Crippen molar-refractivity contribution in [3.63, 3.8) is 0 Å². The number of hydrogen-bond acceptors (Lipinski definition) is 4. The SMILES string of the molecule is CC(N)=NC1=C(n2nnc3ccccc32)CCC(C)=N1. The summed E-state index contributed by atoms with van der Waals surface area (Å²) >= 11 is 0. The third-order valence-electron chi connectivity index (χ3n) is 3.17. The highest BCUT2D eigenvalue weighted by molar-refractivity contribution is 5.89. The molecule has 0 bridgehead atoms. The molecule has 6 heteroatoms. The molecule has 0 amide bonds. The van der Waals surface area contributed by atoms with Crippen LogP contribution >= 0.6 is 0 Å². The summed E-state index contributed by atoms with van der Waals surface area (Å²) in [5, 5.41) is 8.41. The maximum atomic E-state index is 5.70. The number of nitrogens with two attached hydrogens (primary N) is 1. The molecule has 0 radical (unpaired) electrons. The standard InChI is InChI=1S/C14H16N6/c1-9-7-8-13(14(16-9)17-10(2)15)20-12-6-4-3-5-11(12)18-19-20/h3-6H,7-8H2,1-2H3,(H2,15,17). The van der Waals surface area contributed by atoms with Crippen molar-refractivity contribution in [2.75, 3.05) is 0 Å². The Morgan fingerprint density at radius 2 is 2.10 bits per heavy atom. The first-order valence-corrected chi connectivity index (χ1v) is 6.54. The van der Waals surface area contributed by atoms with E-state index >= 15 is 0 Å². The van der Waals surface area contributed by atoms with Crippen molar-refractivity contribution in [3.05, 3.63) is 30.1 Å². The number of aromatic nitrogens is 3. The molecule has 1 aliphatic heterocycles. The van der Waals surface area contributed by atoms with Gasteiger partial charge in [0, 0.05) is 5.71 Å². The van der Waals surface area contributed by atoms with Crippen LogP contribution in [0.25, 0.3) is 16.7 Å². The first-order valence-electron chi connectivity index (χ1n) is 6.54. The average Bonchev–Trinajstić information content (AvgIpc) is 2.82. The van der Waals surface area contributed by atoms with Crippen LogP contribution in [0.3, 0.4) is 0 Å². The summed E-state index contributed by atoms with van der Waals surface area (Å²) in [6.07, 6.45) is 1.72. The van der Waals surface area contributed by atoms with Crippen molar-refractivity contribution in [2.45, 2.75) is 26.7 Å². The van der Waals surface area contributed by atoms with Crippen LogP contribution in [-0.4, -0.2) is 26.5 Å². The van der Waals surface area contributed by atoms with E-state index in [-0.39, 0.29) is 0 Å². The second-order valence-electron chi connectivity index (χ2n) is 4.86. The number of hydrogen-bond donors (Lipinski definition) is 1. The minimum absolute atomic E-state index is 0.486. The molecule has 0 saturated carbocycles. The lowest BCUT2D eigenvalue weighted by Crippen LogP contribution is -2.12. The Bertz CT molecular complexity index is 742. The minimum atomic E-state index is 0.486. The molecule has 3 rings (SSSR count). The highest BCUT2D eigenvalue weighted by Gasteiger charge is 2.17. The molecule has 102 valence electrons. The van der Waals surface area contributed by atoms with Crippen molar-refractivity contribution >= 4 is 28.3 Å². The number of fused-ring (bicyclic) bond motifs is 1. The highest BCUT2D eigenvalue weighted by atomic mass is 15.4. The van der Waals surface area contributed by atoms with Crippen LogP contribution in [0.4, 0.5) is 0 Å². The molecule has 1 aromatic carbocycles. The number of para-hydroxylation sites is 1. The van der Waals surface area contributed by atoms with Crippen LogP contribution in [0.5, 0.6) is 0 Å². The second kappa shape index (κ2) is 4.88. The summed E-state index contributed by atoms with van der Waals surface area (Å²) in [5.41, 5.74) is 9.51. The van der Waals surface area contributed by atoms with E-state index in [1.807, 2.05) is 35.9 Å². The van der Waals surface area contributed by atoms with Gasteiger partial charge < -0.3 is 5.73 Å². The smallest absolute Gasteiger partial charge is 0.175 e. The van der Waals surface area contributed by atoms with Gasteiger partial charge in [-0.05, 0) is 38.8 Å². The first-order chi connectivity index (χ1) is 9.65. The van der Waals surface area contributed by atoms with Crippen LogP contribution in [0.2, 0.25) is 0 Å². The van der Waals surface area contributed by atoms with Crippen LogP contribution in [0.1, 0.15) is 26.7 Å². The Balaban J connectivity index is 2.22. The topological polar surface area (TPSA) is 81.5 Å². The van der Waals surface area contributed by atoms with Crippen molar-refractivity contribution in [1.29, 1.82) is 0 Å². The quantitative estimate of drug-likeness (QED) is 0.669. The molecular weight excluding hydrogens is 252 g/mol. The summed E-state index contributed by atoms with van der Waals surface area (Å²) in [6, 6.07) is 7.84. The minimum Gasteiger partial charge on any atom is -0.387 e. The number of allylic oxidation sites excluding steroid dienone is 1. The Hall–Kier alpha value is -2.50. The van der Waals surface area contributed by atoms with Crippen molar-refractivity contribution < 1.29 is 0 Å². The number of amidine groups is 1. The van der Waals surface area contributed by atoms with Crippen molar-refractivity contribution in [3.8, 4) is 0 Å². The van der Waals surface area contributed by atoms with Crippen molar-refractivity contribution in [1.82, 2.24) is 15.0 Å². The molecule has 0 fully saturated rings. The van der Waals surface area contributed by atoms with Gasteiger partial charge in [-0.2, -0.15) is 0 Å². The highest BCUT2D eigenvalue weighted by Crippen LogP contribution is 2.26. The molecule has 1 aliphatic rings. The Labute approximate surface area is 116 Å². The Morgan fingerprint density at radius 1 is 1.30 bits per heavy atom. The molecule has 0 saturated heterocycles. The van der Waals surface area contributed by atoms with E-state index in [2.05, 4.69) is 20.3 Å². The molecule has 2 aromatic rings. The van der Waals surface area contributed by atoms with Gasteiger partial charge in [0.25, 0.3) is 0 Å². The molecule has 0 unspecified atom stereocenters. The second-order valence-corrected chi connectivity index (χ2v) is 4.86. The number of rotatable bonds is 2. The van der Waals surface area contributed by atoms with Crippen LogP contribution in [-0.2, 0) is 0 Å². The lowest BCUT2D eigenvalue weighted by molar-refractivity contribution is 0.789. The average molecular weight is 268 g/mol. The van der Waals surface area contributed by atoms with Gasteiger partial charge in [0.2, 0.25) is 0 Å². The maximum Gasteiger partial charge on any atom is 0.175 e. The van der Waals surface area contributed by atoms with E-state index in [0.29, 0.717) is 11.7 Å². The Kier molecular flexibility index (Phi) is 3.06. The summed E-state index contributed by atoms with van der Waals surface area (Å²) < 4.78 is 1.81. The van der Waals surface area contributed by atoms with Crippen LogP contribution in [0.15, 0.2) is 40.1 Å². The predicted octanol–water partition coefficient (Wildman–Crippen LogP) is 2.19. The normalized spacial score (nSPS) is 16.7. The molecule has 0 aliphatic carbocycles. The number of nitrogens with zero attached hydrogens (tertiary/aromatic N) is 5. The van der Waals surface area contributed by atoms with E-state index in [9.17, 15) is 0 Å². The molecule has 2 heterocycles. The van der Waals surface area contributed by atoms with Gasteiger partial charge in [0.15, 0.2) is 5.82 Å². The van der Waals surface area contributed by atoms with Crippen molar-refractivity contribution in [2.24, 2.45) is 15.7 Å². The van der Waals surface area contributed by atoms with Gasteiger partial charge in [0.05, 0.1) is 17.0 Å². The van der Waals surface area contributed by atoms with E-state index in [1.165, 1.54) is 0 Å². The van der Waals surface area contributed by atoms with Gasteiger partial charge in [-0.25, -0.2) is 14.7 Å². The van der Waals surface area contributed by atoms with Gasteiger partial charge in [-0.1, -0.05) is 17.3 Å². The first kappa shape index (κ1) is 12.5. The fraction of sp³-hybridized carbons (Fsp3) is 0.286. The summed E-state index contributed by atoms with van der Waals surface area (Å²) in [7, 11) is 0. The fourth-order valence-corrected chi connectivity index (χ4v) is 2.24. The monoisotopic (exact) mass is 268 g/mol. The summed E-state index contributed by atoms with van der Waals surface area (Å²) in [6.45, 7) is 3.75. The summed E-state index contributed by atoms with van der Waals surface area (Å²) in [4.78, 5) is 8.84. The zero-order chi connectivity index (χ0) is 14.1. The molecular formula is C14H16N6.